The zero-order valence-corrected chi connectivity index (χ0v) is 10.3. The van der Waals surface area contributed by atoms with Gasteiger partial charge in [0.2, 0.25) is 0 Å². The second kappa shape index (κ2) is 4.95. The average Bonchev–Trinajstić information content (AvgIpc) is 2.98. The quantitative estimate of drug-likeness (QED) is 0.745. The first-order valence-corrected chi connectivity index (χ1v) is 6.63. The predicted octanol–water partition coefficient (Wildman–Crippen LogP) is 0.670. The van der Waals surface area contributed by atoms with Crippen molar-refractivity contribution in [1.82, 2.24) is 25.6 Å². The monoisotopic (exact) mass is 249 g/mol. The highest BCUT2D eigenvalue weighted by Crippen LogP contribution is 2.11. The van der Waals surface area contributed by atoms with Crippen molar-refractivity contribution in [1.29, 1.82) is 0 Å². The average molecular weight is 249 g/mol. The van der Waals surface area contributed by atoms with E-state index in [-0.39, 0.29) is 0 Å². The van der Waals surface area contributed by atoms with E-state index >= 15 is 0 Å². The van der Waals surface area contributed by atoms with Gasteiger partial charge >= 0.3 is 0 Å². The first-order valence-electron chi connectivity index (χ1n) is 5.75. The molecule has 0 spiro atoms. The molecule has 1 atom stereocenters. The number of H-pyrrole nitrogens is 1. The van der Waals surface area contributed by atoms with E-state index in [1.54, 1.807) is 17.7 Å². The van der Waals surface area contributed by atoms with Crippen LogP contribution in [0.5, 0.6) is 0 Å². The topological polar surface area (TPSA) is 65.6 Å². The molecule has 17 heavy (non-hydrogen) atoms. The summed E-state index contributed by atoms with van der Waals surface area (Å²) in [6, 6.07) is 0.464. The second-order valence-corrected chi connectivity index (χ2v) is 5.15. The second-order valence-electron chi connectivity index (χ2n) is 4.17. The number of aromatic nitrogens is 3. The van der Waals surface area contributed by atoms with Crippen LogP contribution in [0.15, 0.2) is 17.9 Å². The van der Waals surface area contributed by atoms with E-state index in [0.29, 0.717) is 6.04 Å². The molecule has 3 N–H and O–H groups in total. The zero-order valence-electron chi connectivity index (χ0n) is 9.44. The molecule has 3 heterocycles. The van der Waals surface area contributed by atoms with Gasteiger partial charge < -0.3 is 15.6 Å². The van der Waals surface area contributed by atoms with Crippen molar-refractivity contribution in [3.8, 4) is 0 Å². The van der Waals surface area contributed by atoms with Crippen molar-refractivity contribution in [3.63, 3.8) is 0 Å². The SMILES string of the molecule is c1csc(CNCC2Cc3nc[nH]c3CN2)n1. The first-order chi connectivity index (χ1) is 8.42. The van der Waals surface area contributed by atoms with Gasteiger partial charge in [0.1, 0.15) is 5.01 Å². The summed E-state index contributed by atoms with van der Waals surface area (Å²) >= 11 is 1.69. The normalized spacial score (nSPS) is 19.2. The van der Waals surface area contributed by atoms with Gasteiger partial charge in [-0.25, -0.2) is 9.97 Å². The molecule has 0 radical (unpaired) electrons. The minimum Gasteiger partial charge on any atom is -0.347 e. The molecule has 1 aliphatic heterocycles. The van der Waals surface area contributed by atoms with Crippen molar-refractivity contribution in [2.24, 2.45) is 0 Å². The Morgan fingerprint density at radius 3 is 3.35 bits per heavy atom. The molecule has 3 rings (SSSR count). The molecule has 0 fully saturated rings. The summed E-state index contributed by atoms with van der Waals surface area (Å²) in [7, 11) is 0. The maximum atomic E-state index is 4.33. The Morgan fingerprint density at radius 1 is 1.47 bits per heavy atom. The van der Waals surface area contributed by atoms with Crippen LogP contribution in [0.2, 0.25) is 0 Å². The number of fused-ring (bicyclic) bond motifs is 1. The highest BCUT2D eigenvalue weighted by atomic mass is 32.1. The third-order valence-corrected chi connectivity index (χ3v) is 3.74. The van der Waals surface area contributed by atoms with Crippen molar-refractivity contribution >= 4 is 11.3 Å². The number of rotatable bonds is 4. The minimum absolute atomic E-state index is 0.464. The molecular weight excluding hydrogens is 234 g/mol. The number of nitrogens with zero attached hydrogens (tertiary/aromatic N) is 2. The van der Waals surface area contributed by atoms with Crippen LogP contribution in [0.3, 0.4) is 0 Å². The van der Waals surface area contributed by atoms with Gasteiger partial charge in [0, 0.05) is 43.7 Å². The van der Waals surface area contributed by atoms with Gasteiger partial charge in [-0.15, -0.1) is 11.3 Å². The van der Waals surface area contributed by atoms with E-state index in [4.69, 9.17) is 0 Å². The van der Waals surface area contributed by atoms with Gasteiger partial charge in [0.05, 0.1) is 17.7 Å². The van der Waals surface area contributed by atoms with Gasteiger partial charge in [-0.3, -0.25) is 0 Å². The molecule has 2 aromatic heterocycles. The minimum atomic E-state index is 0.464. The molecule has 0 saturated heterocycles. The Balaban J connectivity index is 1.48. The van der Waals surface area contributed by atoms with Crippen molar-refractivity contribution in [3.05, 3.63) is 34.3 Å². The molecule has 1 unspecified atom stereocenters. The molecular formula is C11H15N5S. The highest BCUT2D eigenvalue weighted by molar-refractivity contribution is 7.09. The smallest absolute Gasteiger partial charge is 0.106 e. The summed E-state index contributed by atoms with van der Waals surface area (Å²) in [5.41, 5.74) is 2.42. The fourth-order valence-electron chi connectivity index (χ4n) is 2.07. The van der Waals surface area contributed by atoms with E-state index < -0.39 is 0 Å². The Morgan fingerprint density at radius 2 is 2.47 bits per heavy atom. The van der Waals surface area contributed by atoms with Crippen LogP contribution in [0.4, 0.5) is 0 Å². The molecule has 0 amide bonds. The van der Waals surface area contributed by atoms with Crippen LogP contribution in [-0.2, 0) is 19.5 Å². The third-order valence-electron chi connectivity index (χ3n) is 2.97. The molecule has 0 aliphatic carbocycles. The predicted molar refractivity (Wildman–Crippen MR) is 66.7 cm³/mol. The number of imidazole rings is 1. The lowest BCUT2D eigenvalue weighted by Gasteiger charge is -2.23. The Labute approximate surface area is 104 Å². The molecule has 0 bridgehead atoms. The van der Waals surface area contributed by atoms with Gasteiger partial charge in [-0.05, 0) is 0 Å². The number of aromatic amines is 1. The van der Waals surface area contributed by atoms with E-state index in [0.717, 1.165) is 31.1 Å². The fourth-order valence-corrected chi connectivity index (χ4v) is 2.65. The van der Waals surface area contributed by atoms with Crippen LogP contribution >= 0.6 is 11.3 Å². The highest BCUT2D eigenvalue weighted by Gasteiger charge is 2.19. The van der Waals surface area contributed by atoms with Crippen LogP contribution in [0.1, 0.15) is 16.4 Å². The Kier molecular flexibility index (Phi) is 3.17. The van der Waals surface area contributed by atoms with E-state index in [9.17, 15) is 0 Å². The molecule has 0 aromatic carbocycles. The number of hydrogen-bond acceptors (Lipinski definition) is 5. The number of nitrogens with one attached hydrogen (secondary N) is 3. The number of thiazole rings is 1. The van der Waals surface area contributed by atoms with E-state index in [1.165, 1.54) is 11.4 Å². The maximum Gasteiger partial charge on any atom is 0.106 e. The van der Waals surface area contributed by atoms with E-state index in [2.05, 4.69) is 25.6 Å². The molecule has 2 aromatic rings. The largest absolute Gasteiger partial charge is 0.347 e. The standard InChI is InChI=1S/C11H15N5S/c1-2-17-11(13-1)6-12-4-8-3-9-10(5-14-8)16-7-15-9/h1-2,7-8,12,14H,3-6H2,(H,15,16). The lowest BCUT2D eigenvalue weighted by atomic mass is 10.1. The molecule has 1 aliphatic rings. The van der Waals surface area contributed by atoms with Gasteiger partial charge in [-0.1, -0.05) is 0 Å². The summed E-state index contributed by atoms with van der Waals surface area (Å²) in [6.07, 6.45) is 4.61. The molecule has 0 saturated carbocycles. The lowest BCUT2D eigenvalue weighted by molar-refractivity contribution is 0.441. The Hall–Kier alpha value is -1.24. The lowest BCUT2D eigenvalue weighted by Crippen LogP contribution is -2.42. The zero-order chi connectivity index (χ0) is 11.5. The van der Waals surface area contributed by atoms with Gasteiger partial charge in [-0.2, -0.15) is 0 Å². The van der Waals surface area contributed by atoms with Gasteiger partial charge in [0.15, 0.2) is 0 Å². The Bertz CT molecular complexity index is 464. The van der Waals surface area contributed by atoms with Crippen LogP contribution in [0.25, 0.3) is 0 Å². The molecule has 5 nitrogen and oxygen atoms in total. The molecule has 6 heteroatoms. The summed E-state index contributed by atoms with van der Waals surface area (Å²) in [5, 5.41) is 10.1. The number of hydrogen-bond donors (Lipinski definition) is 3. The van der Waals surface area contributed by atoms with Crippen molar-refractivity contribution in [2.45, 2.75) is 25.6 Å². The summed E-state index contributed by atoms with van der Waals surface area (Å²) < 4.78 is 0. The van der Waals surface area contributed by atoms with E-state index in [1.807, 2.05) is 11.6 Å². The summed E-state index contributed by atoms with van der Waals surface area (Å²) in [6.45, 7) is 2.69. The van der Waals surface area contributed by atoms with Crippen LogP contribution in [-0.4, -0.2) is 27.5 Å². The summed E-state index contributed by atoms with van der Waals surface area (Å²) in [4.78, 5) is 11.7. The van der Waals surface area contributed by atoms with Crippen molar-refractivity contribution < 1.29 is 0 Å². The van der Waals surface area contributed by atoms with Crippen LogP contribution in [0, 0.1) is 0 Å². The maximum absolute atomic E-state index is 4.33. The van der Waals surface area contributed by atoms with Crippen LogP contribution < -0.4 is 10.6 Å². The third kappa shape index (κ3) is 2.54. The molecule has 90 valence electrons. The fraction of sp³-hybridized carbons (Fsp3) is 0.455. The van der Waals surface area contributed by atoms with Gasteiger partial charge in [0.25, 0.3) is 0 Å². The summed E-state index contributed by atoms with van der Waals surface area (Å²) in [5.74, 6) is 0. The van der Waals surface area contributed by atoms with Crippen molar-refractivity contribution in [2.75, 3.05) is 6.54 Å². The first kappa shape index (κ1) is 10.9.